The minimum Gasteiger partial charge on any atom is -0.277 e. The van der Waals surface area contributed by atoms with E-state index in [1.54, 1.807) is 31.2 Å². The monoisotopic (exact) mass is 317 g/mol. The number of nitrogens with zero attached hydrogens (tertiary/aromatic N) is 1. The predicted octanol–water partition coefficient (Wildman–Crippen LogP) is 1.90. The van der Waals surface area contributed by atoms with Gasteiger partial charge < -0.3 is 0 Å². The Hall–Kier alpha value is -2.47. The molecule has 1 aromatic carbocycles. The van der Waals surface area contributed by atoms with Crippen molar-refractivity contribution >= 4 is 40.3 Å². The van der Waals surface area contributed by atoms with E-state index in [4.69, 9.17) is 11.6 Å². The minimum atomic E-state index is -1.47. The van der Waals surface area contributed by atoms with Crippen LogP contribution >= 0.6 is 11.6 Å². The Morgan fingerprint density at radius 1 is 1.14 bits per heavy atom. The standard InChI is InChI=1S/C15H12ClN3O3/c1-2-15(12(20)18-14(22)19-13(15)21)10-5-6-17-11-7-8(16)3-4-9(10)11/h3-7H,2H2,1H3,(H2,18,19,20,21,22). The Kier molecular flexibility index (Phi) is 3.33. The summed E-state index contributed by atoms with van der Waals surface area (Å²) in [5.41, 5.74) is -0.391. The highest BCUT2D eigenvalue weighted by Crippen LogP contribution is 2.35. The van der Waals surface area contributed by atoms with Crippen molar-refractivity contribution in [2.75, 3.05) is 0 Å². The summed E-state index contributed by atoms with van der Waals surface area (Å²) in [6.07, 6.45) is 1.72. The molecule has 0 aliphatic carbocycles. The lowest BCUT2D eigenvalue weighted by molar-refractivity contribution is -0.138. The SMILES string of the molecule is CCC1(c2ccnc3cc(Cl)ccc23)C(=O)NC(=O)NC1=O. The highest BCUT2D eigenvalue weighted by atomic mass is 35.5. The van der Waals surface area contributed by atoms with E-state index in [2.05, 4.69) is 15.6 Å². The van der Waals surface area contributed by atoms with Gasteiger partial charge >= 0.3 is 6.03 Å². The van der Waals surface area contributed by atoms with Crippen molar-refractivity contribution in [1.29, 1.82) is 0 Å². The normalized spacial score (nSPS) is 17.3. The first-order chi connectivity index (χ1) is 10.5. The van der Waals surface area contributed by atoms with E-state index in [9.17, 15) is 14.4 Å². The fraction of sp³-hybridized carbons (Fsp3) is 0.200. The second-order valence-corrected chi connectivity index (χ2v) is 5.45. The van der Waals surface area contributed by atoms with Crippen LogP contribution in [0.15, 0.2) is 30.5 Å². The summed E-state index contributed by atoms with van der Waals surface area (Å²) in [5, 5.41) is 5.50. The van der Waals surface area contributed by atoms with Crippen molar-refractivity contribution in [2.45, 2.75) is 18.8 Å². The van der Waals surface area contributed by atoms with Crippen LogP contribution in [0.4, 0.5) is 4.79 Å². The van der Waals surface area contributed by atoms with E-state index in [-0.39, 0.29) is 6.42 Å². The molecular formula is C15H12ClN3O3. The number of carbonyl (C=O) groups excluding carboxylic acids is 3. The number of hydrogen-bond donors (Lipinski definition) is 2. The number of imide groups is 2. The number of fused-ring (bicyclic) bond motifs is 1. The van der Waals surface area contributed by atoms with Crippen molar-refractivity contribution in [3.63, 3.8) is 0 Å². The number of carbonyl (C=O) groups is 3. The molecule has 4 amide bonds. The number of barbiturate groups is 1. The zero-order valence-electron chi connectivity index (χ0n) is 11.6. The lowest BCUT2D eigenvalue weighted by Crippen LogP contribution is -2.64. The van der Waals surface area contributed by atoms with Gasteiger partial charge in [-0.25, -0.2) is 4.79 Å². The fourth-order valence-corrected chi connectivity index (χ4v) is 2.97. The topological polar surface area (TPSA) is 88.2 Å². The summed E-state index contributed by atoms with van der Waals surface area (Å²) >= 11 is 5.96. The molecule has 0 bridgehead atoms. The molecule has 1 aliphatic heterocycles. The van der Waals surface area contributed by atoms with Crippen LogP contribution in [0.5, 0.6) is 0 Å². The number of aromatic nitrogens is 1. The van der Waals surface area contributed by atoms with Crippen molar-refractivity contribution in [3.05, 3.63) is 41.0 Å². The van der Waals surface area contributed by atoms with E-state index in [1.807, 2.05) is 0 Å². The molecule has 112 valence electrons. The predicted molar refractivity (Wildman–Crippen MR) is 80.4 cm³/mol. The molecule has 6 nitrogen and oxygen atoms in total. The summed E-state index contributed by atoms with van der Waals surface area (Å²) in [5.74, 6) is -1.27. The average Bonchev–Trinajstić information content (AvgIpc) is 2.47. The molecule has 22 heavy (non-hydrogen) atoms. The van der Waals surface area contributed by atoms with Gasteiger partial charge in [0.1, 0.15) is 0 Å². The fourth-order valence-electron chi connectivity index (χ4n) is 2.80. The average molecular weight is 318 g/mol. The van der Waals surface area contributed by atoms with Gasteiger partial charge in [0.25, 0.3) is 0 Å². The third-order valence-corrected chi connectivity index (χ3v) is 4.16. The molecule has 1 fully saturated rings. The van der Waals surface area contributed by atoms with Crippen LogP contribution in [0.2, 0.25) is 5.02 Å². The number of amides is 4. The number of pyridine rings is 1. The first kappa shape index (κ1) is 14.5. The molecule has 1 aliphatic rings. The van der Waals surface area contributed by atoms with Gasteiger partial charge in [-0.15, -0.1) is 0 Å². The van der Waals surface area contributed by atoms with Crippen molar-refractivity contribution in [2.24, 2.45) is 0 Å². The summed E-state index contributed by atoms with van der Waals surface area (Å²) in [6.45, 7) is 1.72. The first-order valence-electron chi connectivity index (χ1n) is 6.70. The van der Waals surface area contributed by atoms with Crippen LogP contribution in [0.25, 0.3) is 10.9 Å². The Morgan fingerprint density at radius 2 is 1.82 bits per heavy atom. The Bertz CT molecular complexity index is 799. The van der Waals surface area contributed by atoms with Gasteiger partial charge in [-0.1, -0.05) is 24.6 Å². The Morgan fingerprint density at radius 3 is 2.45 bits per heavy atom. The number of nitrogens with one attached hydrogen (secondary N) is 2. The first-order valence-corrected chi connectivity index (χ1v) is 7.08. The van der Waals surface area contributed by atoms with E-state index in [0.29, 0.717) is 21.5 Å². The van der Waals surface area contributed by atoms with Gasteiger partial charge in [-0.3, -0.25) is 25.2 Å². The molecule has 2 aromatic rings. The molecule has 0 spiro atoms. The van der Waals surface area contributed by atoms with Crippen LogP contribution < -0.4 is 10.6 Å². The Labute approximate surface area is 130 Å². The molecule has 0 unspecified atom stereocenters. The largest absolute Gasteiger partial charge is 0.328 e. The van der Waals surface area contributed by atoms with Crippen molar-refractivity contribution in [3.8, 4) is 0 Å². The maximum Gasteiger partial charge on any atom is 0.328 e. The maximum atomic E-state index is 12.4. The van der Waals surface area contributed by atoms with Crippen LogP contribution in [0.3, 0.4) is 0 Å². The lowest BCUT2D eigenvalue weighted by Gasteiger charge is -2.34. The number of halogens is 1. The smallest absolute Gasteiger partial charge is 0.277 e. The Balaban J connectivity index is 2.29. The second-order valence-electron chi connectivity index (χ2n) is 5.02. The quantitative estimate of drug-likeness (QED) is 0.828. The summed E-state index contributed by atoms with van der Waals surface area (Å²) in [6, 6.07) is 5.86. The molecule has 0 atom stereocenters. The highest BCUT2D eigenvalue weighted by Gasteiger charge is 2.51. The van der Waals surface area contributed by atoms with E-state index >= 15 is 0 Å². The molecule has 3 rings (SSSR count). The van der Waals surface area contributed by atoms with Gasteiger partial charge in [0, 0.05) is 16.6 Å². The van der Waals surface area contributed by atoms with Gasteiger partial charge in [0.15, 0.2) is 5.41 Å². The second kappa shape index (κ2) is 5.06. The van der Waals surface area contributed by atoms with Crippen molar-refractivity contribution < 1.29 is 14.4 Å². The molecule has 0 radical (unpaired) electrons. The molecule has 1 saturated heterocycles. The molecule has 0 saturated carbocycles. The summed E-state index contributed by atoms with van der Waals surface area (Å²) < 4.78 is 0. The minimum absolute atomic E-state index is 0.208. The molecule has 1 aromatic heterocycles. The van der Waals surface area contributed by atoms with Crippen LogP contribution in [-0.4, -0.2) is 22.8 Å². The van der Waals surface area contributed by atoms with E-state index in [1.165, 1.54) is 6.20 Å². The van der Waals surface area contributed by atoms with Crippen LogP contribution in [-0.2, 0) is 15.0 Å². The number of hydrogen-bond acceptors (Lipinski definition) is 4. The highest BCUT2D eigenvalue weighted by molar-refractivity contribution is 6.31. The number of urea groups is 1. The molecule has 7 heteroatoms. The maximum absolute atomic E-state index is 12.4. The van der Waals surface area contributed by atoms with Crippen LogP contribution in [0.1, 0.15) is 18.9 Å². The van der Waals surface area contributed by atoms with Gasteiger partial charge in [0.2, 0.25) is 11.8 Å². The van der Waals surface area contributed by atoms with E-state index < -0.39 is 23.3 Å². The molecule has 2 heterocycles. The number of benzene rings is 1. The zero-order valence-corrected chi connectivity index (χ0v) is 12.4. The van der Waals surface area contributed by atoms with Crippen LogP contribution in [0, 0.1) is 0 Å². The molecular weight excluding hydrogens is 306 g/mol. The molecule has 2 N–H and O–H groups in total. The van der Waals surface area contributed by atoms with Crippen molar-refractivity contribution in [1.82, 2.24) is 15.6 Å². The van der Waals surface area contributed by atoms with Gasteiger partial charge in [0.05, 0.1) is 5.52 Å². The summed E-state index contributed by atoms with van der Waals surface area (Å²) in [7, 11) is 0. The third kappa shape index (κ3) is 1.95. The third-order valence-electron chi connectivity index (χ3n) is 3.92. The van der Waals surface area contributed by atoms with E-state index in [0.717, 1.165) is 0 Å². The summed E-state index contributed by atoms with van der Waals surface area (Å²) in [4.78, 5) is 40.4. The number of rotatable bonds is 2. The lowest BCUT2D eigenvalue weighted by atomic mass is 9.74. The van der Waals surface area contributed by atoms with Gasteiger partial charge in [-0.05, 0) is 30.2 Å². The van der Waals surface area contributed by atoms with Gasteiger partial charge in [-0.2, -0.15) is 0 Å². The zero-order chi connectivity index (χ0) is 15.9.